The van der Waals surface area contributed by atoms with Crippen LogP contribution in [-0.4, -0.2) is 11.8 Å². The first-order valence-corrected chi connectivity index (χ1v) is 7.71. The summed E-state index contributed by atoms with van der Waals surface area (Å²) in [7, 11) is 0. The molecule has 23 heavy (non-hydrogen) atoms. The maximum atomic E-state index is 12.8. The molecule has 1 aliphatic heterocycles. The number of amides is 2. The van der Waals surface area contributed by atoms with Crippen molar-refractivity contribution in [2.45, 2.75) is 20.8 Å². The maximum Gasteiger partial charge on any atom is 0.277 e. The molecule has 3 nitrogen and oxygen atoms in total. The molecule has 0 saturated carbocycles. The summed E-state index contributed by atoms with van der Waals surface area (Å²) in [6.45, 7) is 5.84. The highest BCUT2D eigenvalue weighted by atomic mass is 35.5. The summed E-state index contributed by atoms with van der Waals surface area (Å²) in [5, 5.41) is -0.0254. The standard InChI is InChI=1S/C19H16ClNO2/c1-11-4-7-14(8-5-11)21-18(22)16(17(20)19(21)23)15-9-6-12(2)10-13(15)3/h4-10H,1-3H3. The number of anilines is 1. The average Bonchev–Trinajstić information content (AvgIpc) is 2.72. The molecule has 0 aromatic heterocycles. The monoisotopic (exact) mass is 325 g/mol. The van der Waals surface area contributed by atoms with Gasteiger partial charge in [0.05, 0.1) is 11.3 Å². The van der Waals surface area contributed by atoms with Crippen molar-refractivity contribution in [1.82, 2.24) is 0 Å². The molecule has 0 aliphatic carbocycles. The minimum Gasteiger partial charge on any atom is -0.268 e. The lowest BCUT2D eigenvalue weighted by Gasteiger charge is -2.15. The molecule has 0 saturated heterocycles. The first kappa shape index (κ1) is 15.5. The zero-order valence-corrected chi connectivity index (χ0v) is 13.9. The zero-order valence-electron chi connectivity index (χ0n) is 13.2. The molecular weight excluding hydrogens is 310 g/mol. The summed E-state index contributed by atoms with van der Waals surface area (Å²) in [6.07, 6.45) is 0. The number of benzene rings is 2. The third-order valence-corrected chi connectivity index (χ3v) is 4.32. The molecule has 0 N–H and O–H groups in total. The van der Waals surface area contributed by atoms with E-state index < -0.39 is 5.91 Å². The summed E-state index contributed by atoms with van der Waals surface area (Å²) < 4.78 is 0. The van der Waals surface area contributed by atoms with E-state index in [1.807, 2.05) is 51.1 Å². The van der Waals surface area contributed by atoms with Gasteiger partial charge in [0.2, 0.25) is 0 Å². The Bertz CT molecular complexity index is 850. The molecule has 2 amide bonds. The Morgan fingerprint density at radius 2 is 1.43 bits per heavy atom. The molecule has 1 aliphatic rings. The van der Waals surface area contributed by atoms with Crippen LogP contribution in [0.25, 0.3) is 5.57 Å². The highest BCUT2D eigenvalue weighted by molar-refractivity contribution is 6.60. The van der Waals surface area contributed by atoms with Crippen LogP contribution in [0, 0.1) is 20.8 Å². The number of imide groups is 1. The molecule has 2 aromatic rings. The molecule has 116 valence electrons. The fourth-order valence-electron chi connectivity index (χ4n) is 2.76. The van der Waals surface area contributed by atoms with Crippen molar-refractivity contribution < 1.29 is 9.59 Å². The summed E-state index contributed by atoms with van der Waals surface area (Å²) in [5.74, 6) is -0.855. The van der Waals surface area contributed by atoms with Crippen LogP contribution in [-0.2, 0) is 9.59 Å². The molecule has 0 bridgehead atoms. The SMILES string of the molecule is Cc1ccc(N2C(=O)C(Cl)=C(c3ccc(C)cc3C)C2=O)cc1. The number of halogens is 1. The van der Waals surface area contributed by atoms with Crippen molar-refractivity contribution in [3.05, 3.63) is 69.8 Å². The molecule has 1 heterocycles. The number of carbonyl (C=O) groups excluding carboxylic acids is 2. The van der Waals surface area contributed by atoms with Gasteiger partial charge in [-0.25, -0.2) is 4.90 Å². The lowest BCUT2D eigenvalue weighted by atomic mass is 9.99. The lowest BCUT2D eigenvalue weighted by molar-refractivity contribution is -0.119. The minimum absolute atomic E-state index is 0.0254. The zero-order chi connectivity index (χ0) is 16.7. The average molecular weight is 326 g/mol. The maximum absolute atomic E-state index is 12.8. The Morgan fingerprint density at radius 1 is 0.826 bits per heavy atom. The van der Waals surface area contributed by atoms with E-state index in [1.54, 1.807) is 12.1 Å². The largest absolute Gasteiger partial charge is 0.277 e. The Balaban J connectivity index is 2.08. The van der Waals surface area contributed by atoms with Gasteiger partial charge in [-0.05, 0) is 44.0 Å². The number of aryl methyl sites for hydroxylation is 3. The third kappa shape index (κ3) is 2.57. The second kappa shape index (κ2) is 5.67. The predicted molar refractivity (Wildman–Crippen MR) is 92.4 cm³/mol. The first-order valence-electron chi connectivity index (χ1n) is 7.33. The van der Waals surface area contributed by atoms with Gasteiger partial charge in [0, 0.05) is 0 Å². The summed E-state index contributed by atoms with van der Waals surface area (Å²) in [5.41, 5.74) is 4.58. The predicted octanol–water partition coefficient (Wildman–Crippen LogP) is 4.14. The fourth-order valence-corrected chi connectivity index (χ4v) is 3.03. The summed E-state index contributed by atoms with van der Waals surface area (Å²) in [6, 6.07) is 12.9. The van der Waals surface area contributed by atoms with Crippen LogP contribution < -0.4 is 4.90 Å². The molecule has 0 atom stereocenters. The quantitative estimate of drug-likeness (QED) is 0.778. The molecule has 4 heteroatoms. The second-order valence-corrected chi connectivity index (χ2v) is 6.17. The smallest absolute Gasteiger partial charge is 0.268 e. The van der Waals surface area contributed by atoms with Crippen LogP contribution in [0.4, 0.5) is 5.69 Å². The van der Waals surface area contributed by atoms with Gasteiger partial charge in [-0.1, -0.05) is 53.1 Å². The third-order valence-electron chi connectivity index (χ3n) is 3.97. The van der Waals surface area contributed by atoms with E-state index >= 15 is 0 Å². The van der Waals surface area contributed by atoms with Crippen LogP contribution in [0.2, 0.25) is 0 Å². The van der Waals surface area contributed by atoms with Crippen molar-refractivity contribution in [3.8, 4) is 0 Å². The van der Waals surface area contributed by atoms with Crippen molar-refractivity contribution in [2.75, 3.05) is 4.90 Å². The summed E-state index contributed by atoms with van der Waals surface area (Å²) in [4.78, 5) is 26.4. The van der Waals surface area contributed by atoms with Crippen molar-refractivity contribution in [1.29, 1.82) is 0 Å². The summed E-state index contributed by atoms with van der Waals surface area (Å²) >= 11 is 6.21. The molecule has 0 fully saturated rings. The van der Waals surface area contributed by atoms with Crippen LogP contribution in [0.15, 0.2) is 47.5 Å². The minimum atomic E-state index is -0.476. The molecular formula is C19H16ClNO2. The molecule has 3 rings (SSSR count). The van der Waals surface area contributed by atoms with Gasteiger partial charge in [0.1, 0.15) is 5.03 Å². The van der Waals surface area contributed by atoms with Crippen molar-refractivity contribution in [3.63, 3.8) is 0 Å². The Morgan fingerprint density at radius 3 is 2.04 bits per heavy atom. The van der Waals surface area contributed by atoms with E-state index in [9.17, 15) is 9.59 Å². The number of hydrogen-bond donors (Lipinski definition) is 0. The van der Waals surface area contributed by atoms with E-state index in [1.165, 1.54) is 0 Å². The Kier molecular flexibility index (Phi) is 3.82. The number of carbonyl (C=O) groups is 2. The number of rotatable bonds is 2. The van der Waals surface area contributed by atoms with Gasteiger partial charge in [-0.3, -0.25) is 9.59 Å². The second-order valence-electron chi connectivity index (χ2n) is 5.79. The molecule has 0 spiro atoms. The van der Waals surface area contributed by atoms with Gasteiger partial charge in [0.25, 0.3) is 11.8 Å². The Hall–Kier alpha value is -2.39. The van der Waals surface area contributed by atoms with E-state index in [0.29, 0.717) is 11.3 Å². The van der Waals surface area contributed by atoms with E-state index in [4.69, 9.17) is 11.6 Å². The lowest BCUT2D eigenvalue weighted by Crippen LogP contribution is -2.31. The van der Waals surface area contributed by atoms with Gasteiger partial charge in [-0.15, -0.1) is 0 Å². The normalized spacial score (nSPS) is 14.9. The highest BCUT2D eigenvalue weighted by Crippen LogP contribution is 2.36. The van der Waals surface area contributed by atoms with Crippen LogP contribution >= 0.6 is 11.6 Å². The molecule has 0 radical (unpaired) electrons. The highest BCUT2D eigenvalue weighted by Gasteiger charge is 2.39. The van der Waals surface area contributed by atoms with Gasteiger partial charge in [0.15, 0.2) is 0 Å². The van der Waals surface area contributed by atoms with Crippen LogP contribution in [0.1, 0.15) is 22.3 Å². The van der Waals surface area contributed by atoms with E-state index in [-0.39, 0.29) is 16.5 Å². The fraction of sp³-hybridized carbons (Fsp3) is 0.158. The van der Waals surface area contributed by atoms with Gasteiger partial charge >= 0.3 is 0 Å². The van der Waals surface area contributed by atoms with E-state index in [2.05, 4.69) is 0 Å². The number of nitrogens with zero attached hydrogens (tertiary/aromatic N) is 1. The number of hydrogen-bond acceptors (Lipinski definition) is 2. The molecule has 2 aromatic carbocycles. The Labute approximate surface area is 140 Å². The topological polar surface area (TPSA) is 37.4 Å². The van der Waals surface area contributed by atoms with Crippen LogP contribution in [0.3, 0.4) is 0 Å². The van der Waals surface area contributed by atoms with E-state index in [0.717, 1.165) is 21.6 Å². The van der Waals surface area contributed by atoms with Gasteiger partial charge < -0.3 is 0 Å². The molecule has 0 unspecified atom stereocenters. The van der Waals surface area contributed by atoms with Gasteiger partial charge in [-0.2, -0.15) is 0 Å². The van der Waals surface area contributed by atoms with Crippen molar-refractivity contribution in [2.24, 2.45) is 0 Å². The first-order chi connectivity index (χ1) is 10.9. The van der Waals surface area contributed by atoms with Crippen LogP contribution in [0.5, 0.6) is 0 Å². The van der Waals surface area contributed by atoms with Crippen molar-refractivity contribution >= 4 is 34.7 Å².